The number of hydrogen-bond donors (Lipinski definition) is 0. The van der Waals surface area contributed by atoms with Gasteiger partial charge >= 0.3 is 7.82 Å². The van der Waals surface area contributed by atoms with Gasteiger partial charge in [0.1, 0.15) is 0 Å². The van der Waals surface area contributed by atoms with Crippen molar-refractivity contribution in [1.29, 1.82) is 0 Å². The topological polar surface area (TPSA) is 44.8 Å². The van der Waals surface area contributed by atoms with E-state index in [1.54, 1.807) is 0 Å². The third-order valence-corrected chi connectivity index (χ3v) is 7.24. The van der Waals surface area contributed by atoms with Crippen LogP contribution in [0.25, 0.3) is 0 Å². The second-order valence-corrected chi connectivity index (χ2v) is 10.6. The number of rotatable bonds is 26. The van der Waals surface area contributed by atoms with E-state index in [0.717, 1.165) is 38.5 Å². The third-order valence-electron chi connectivity index (χ3n) is 5.74. The van der Waals surface area contributed by atoms with Crippen molar-refractivity contribution in [2.75, 3.05) is 19.8 Å². The van der Waals surface area contributed by atoms with Gasteiger partial charge in [-0.25, -0.2) is 4.57 Å². The lowest BCUT2D eigenvalue weighted by Crippen LogP contribution is -2.04. The molecule has 0 saturated carbocycles. The highest BCUT2D eigenvalue weighted by Gasteiger charge is 2.25. The summed E-state index contributed by atoms with van der Waals surface area (Å²) in [5, 5.41) is 0. The molecule has 0 bridgehead atoms. The van der Waals surface area contributed by atoms with Crippen LogP contribution in [0.5, 0.6) is 0 Å². The molecule has 0 N–H and O–H groups in total. The second-order valence-electron chi connectivity index (χ2n) is 8.96. The molecule has 0 heterocycles. The van der Waals surface area contributed by atoms with Gasteiger partial charge in [0.05, 0.1) is 19.8 Å². The Morgan fingerprint density at radius 1 is 0.387 bits per heavy atom. The minimum absolute atomic E-state index is 0.443. The molecule has 0 aliphatic rings. The Balaban J connectivity index is 3.49. The minimum Gasteiger partial charge on any atom is -0.287 e. The van der Waals surface area contributed by atoms with E-state index in [4.69, 9.17) is 13.6 Å². The van der Waals surface area contributed by atoms with Crippen LogP contribution in [0.4, 0.5) is 0 Å². The fraction of sp³-hybridized carbons (Fsp3) is 1.00. The van der Waals surface area contributed by atoms with Crippen LogP contribution >= 0.6 is 7.82 Å². The van der Waals surface area contributed by atoms with Crippen molar-refractivity contribution in [3.63, 3.8) is 0 Å². The molecule has 0 aromatic heterocycles. The van der Waals surface area contributed by atoms with Crippen LogP contribution in [0.3, 0.4) is 0 Å². The van der Waals surface area contributed by atoms with Gasteiger partial charge in [-0.15, -0.1) is 0 Å². The fourth-order valence-electron chi connectivity index (χ4n) is 3.58. The van der Waals surface area contributed by atoms with Gasteiger partial charge in [0.25, 0.3) is 0 Å². The highest BCUT2D eigenvalue weighted by Crippen LogP contribution is 2.49. The van der Waals surface area contributed by atoms with Crippen LogP contribution in [-0.4, -0.2) is 19.8 Å². The molecule has 188 valence electrons. The molecule has 31 heavy (non-hydrogen) atoms. The first-order valence-electron chi connectivity index (χ1n) is 13.7. The highest BCUT2D eigenvalue weighted by atomic mass is 31.2. The summed E-state index contributed by atoms with van der Waals surface area (Å²) in [7, 11) is -3.37. The Labute approximate surface area is 195 Å². The van der Waals surface area contributed by atoms with Crippen molar-refractivity contribution < 1.29 is 18.1 Å². The van der Waals surface area contributed by atoms with E-state index in [1.807, 2.05) is 0 Å². The zero-order valence-corrected chi connectivity index (χ0v) is 22.2. The Hall–Kier alpha value is 0.110. The zero-order valence-electron chi connectivity index (χ0n) is 21.3. The minimum atomic E-state index is -3.37. The lowest BCUT2D eigenvalue weighted by Gasteiger charge is -2.18. The molecule has 0 aliphatic heterocycles. The maximum atomic E-state index is 12.7. The second kappa shape index (κ2) is 24.7. The predicted molar refractivity (Wildman–Crippen MR) is 135 cm³/mol. The van der Waals surface area contributed by atoms with Crippen molar-refractivity contribution in [3.05, 3.63) is 0 Å². The average Bonchev–Trinajstić information content (AvgIpc) is 2.76. The molecular formula is C26H55O4P. The van der Waals surface area contributed by atoms with Gasteiger partial charge < -0.3 is 0 Å². The molecule has 4 nitrogen and oxygen atoms in total. The number of unbranched alkanes of at least 4 members (excludes halogenated alkanes) is 17. The van der Waals surface area contributed by atoms with Gasteiger partial charge in [-0.1, -0.05) is 130 Å². The third kappa shape index (κ3) is 23.1. The molecular weight excluding hydrogens is 407 g/mol. The SMILES string of the molecule is CCCCCCCCCCCCCCCCCCOP(=O)(OCCCC)OCCCC. The first-order chi connectivity index (χ1) is 15.2. The van der Waals surface area contributed by atoms with E-state index < -0.39 is 7.82 Å². The summed E-state index contributed by atoms with van der Waals surface area (Å²) in [4.78, 5) is 0. The summed E-state index contributed by atoms with van der Waals surface area (Å²) < 4.78 is 29.1. The van der Waals surface area contributed by atoms with Crippen LogP contribution in [-0.2, 0) is 18.1 Å². The Morgan fingerprint density at radius 3 is 0.968 bits per heavy atom. The molecule has 0 aromatic rings. The fourth-order valence-corrected chi connectivity index (χ4v) is 4.86. The Bertz CT molecular complexity index is 376. The lowest BCUT2D eigenvalue weighted by atomic mass is 10.0. The monoisotopic (exact) mass is 462 g/mol. The first kappa shape index (κ1) is 31.1. The maximum Gasteiger partial charge on any atom is 0.474 e. The molecule has 0 rings (SSSR count). The number of phosphoric ester groups is 1. The van der Waals surface area contributed by atoms with Gasteiger partial charge in [0, 0.05) is 0 Å². The van der Waals surface area contributed by atoms with Crippen LogP contribution in [0, 0.1) is 0 Å². The molecule has 5 heteroatoms. The highest BCUT2D eigenvalue weighted by molar-refractivity contribution is 7.48. The van der Waals surface area contributed by atoms with Crippen LogP contribution in [0.15, 0.2) is 0 Å². The van der Waals surface area contributed by atoms with Crippen molar-refractivity contribution in [2.45, 2.75) is 149 Å². The summed E-state index contributed by atoms with van der Waals surface area (Å²) in [5.41, 5.74) is 0. The largest absolute Gasteiger partial charge is 0.474 e. The molecule has 0 aliphatic carbocycles. The van der Waals surface area contributed by atoms with Gasteiger partial charge in [-0.2, -0.15) is 0 Å². The van der Waals surface area contributed by atoms with Crippen molar-refractivity contribution in [2.24, 2.45) is 0 Å². The molecule has 0 fully saturated rings. The van der Waals surface area contributed by atoms with Gasteiger partial charge in [-0.05, 0) is 19.3 Å². The van der Waals surface area contributed by atoms with E-state index >= 15 is 0 Å². The van der Waals surface area contributed by atoms with Gasteiger partial charge in [0.15, 0.2) is 0 Å². The standard InChI is InChI=1S/C26H55O4P/c1-4-7-10-11-12-13-14-15-16-17-18-19-20-21-22-23-26-30-31(27,28-24-8-5-2)29-25-9-6-3/h4-26H2,1-3H3. The molecule has 0 radical (unpaired) electrons. The number of hydrogen-bond acceptors (Lipinski definition) is 4. The van der Waals surface area contributed by atoms with Crippen molar-refractivity contribution in [3.8, 4) is 0 Å². The summed E-state index contributed by atoms with van der Waals surface area (Å²) >= 11 is 0. The first-order valence-corrected chi connectivity index (χ1v) is 15.2. The van der Waals surface area contributed by atoms with E-state index in [9.17, 15) is 4.57 Å². The van der Waals surface area contributed by atoms with Gasteiger partial charge in [0.2, 0.25) is 0 Å². The van der Waals surface area contributed by atoms with E-state index in [0.29, 0.717) is 19.8 Å². The zero-order chi connectivity index (χ0) is 22.9. The molecule has 0 unspecified atom stereocenters. The quantitative estimate of drug-likeness (QED) is 0.0947. The molecule has 0 saturated heterocycles. The molecule has 0 spiro atoms. The smallest absolute Gasteiger partial charge is 0.287 e. The molecule has 0 amide bonds. The summed E-state index contributed by atoms with van der Waals surface area (Å²) in [6.07, 6.45) is 25.2. The Morgan fingerprint density at radius 2 is 0.645 bits per heavy atom. The maximum absolute atomic E-state index is 12.7. The molecule has 0 atom stereocenters. The van der Waals surface area contributed by atoms with Crippen molar-refractivity contribution in [1.82, 2.24) is 0 Å². The summed E-state index contributed by atoms with van der Waals surface area (Å²) in [6.45, 7) is 7.81. The van der Waals surface area contributed by atoms with Gasteiger partial charge in [-0.3, -0.25) is 13.6 Å². The number of phosphoric acid groups is 1. The van der Waals surface area contributed by atoms with E-state index in [1.165, 1.54) is 89.9 Å². The van der Waals surface area contributed by atoms with Crippen LogP contribution in [0.1, 0.15) is 149 Å². The predicted octanol–water partition coefficient (Wildman–Crippen LogP) is 10.0. The van der Waals surface area contributed by atoms with Crippen LogP contribution in [0.2, 0.25) is 0 Å². The van der Waals surface area contributed by atoms with E-state index in [2.05, 4.69) is 20.8 Å². The average molecular weight is 463 g/mol. The lowest BCUT2D eigenvalue weighted by molar-refractivity contribution is 0.109. The Kier molecular flexibility index (Phi) is 24.8. The normalized spacial score (nSPS) is 12.0. The van der Waals surface area contributed by atoms with Crippen molar-refractivity contribution >= 4 is 7.82 Å². The summed E-state index contributed by atoms with van der Waals surface area (Å²) in [5.74, 6) is 0. The molecule has 0 aromatic carbocycles. The van der Waals surface area contributed by atoms with Crippen LogP contribution < -0.4 is 0 Å². The summed E-state index contributed by atoms with van der Waals surface area (Å²) in [6, 6.07) is 0. The van der Waals surface area contributed by atoms with E-state index in [-0.39, 0.29) is 0 Å².